The van der Waals surface area contributed by atoms with Crippen molar-refractivity contribution in [2.24, 2.45) is 0 Å². The lowest BCUT2D eigenvalue weighted by Gasteiger charge is -2.14. The van der Waals surface area contributed by atoms with Crippen LogP contribution in [0.25, 0.3) is 6.08 Å². The SMILES string of the molecule is COc1c(C=CC(=O)c2ccc(O)cc2O)cc(C)c(C(=O)O)c1C. The first-order valence-electron chi connectivity index (χ1n) is 7.42. The van der Waals surface area contributed by atoms with E-state index in [1.54, 1.807) is 19.9 Å². The highest BCUT2D eigenvalue weighted by atomic mass is 16.5. The fourth-order valence-electron chi connectivity index (χ4n) is 2.70. The summed E-state index contributed by atoms with van der Waals surface area (Å²) in [4.78, 5) is 23.6. The van der Waals surface area contributed by atoms with E-state index in [4.69, 9.17) is 4.74 Å². The molecule has 0 aliphatic carbocycles. The molecule has 0 atom stereocenters. The lowest BCUT2D eigenvalue weighted by molar-refractivity contribution is 0.0694. The smallest absolute Gasteiger partial charge is 0.336 e. The minimum atomic E-state index is -1.05. The van der Waals surface area contributed by atoms with Crippen molar-refractivity contribution in [3.05, 3.63) is 58.2 Å². The van der Waals surface area contributed by atoms with Crippen LogP contribution in [0.4, 0.5) is 0 Å². The molecule has 130 valence electrons. The molecule has 6 heteroatoms. The minimum Gasteiger partial charge on any atom is -0.508 e. The second-order valence-corrected chi connectivity index (χ2v) is 5.52. The highest BCUT2D eigenvalue weighted by Crippen LogP contribution is 2.31. The number of hydrogen-bond donors (Lipinski definition) is 3. The first kappa shape index (κ1) is 18.1. The van der Waals surface area contributed by atoms with Crippen LogP contribution in [0, 0.1) is 13.8 Å². The molecule has 0 radical (unpaired) electrons. The van der Waals surface area contributed by atoms with Crippen LogP contribution < -0.4 is 4.74 Å². The minimum absolute atomic E-state index is 0.0450. The number of carbonyl (C=O) groups excluding carboxylic acids is 1. The Morgan fingerprint density at radius 2 is 1.80 bits per heavy atom. The van der Waals surface area contributed by atoms with Gasteiger partial charge in [-0.15, -0.1) is 0 Å². The van der Waals surface area contributed by atoms with Gasteiger partial charge in [0.15, 0.2) is 5.78 Å². The maximum Gasteiger partial charge on any atom is 0.336 e. The molecule has 3 N–H and O–H groups in total. The predicted octanol–water partition coefficient (Wildman–Crippen LogP) is 3.32. The molecule has 0 heterocycles. The number of carbonyl (C=O) groups is 2. The molecule has 2 aromatic rings. The van der Waals surface area contributed by atoms with Gasteiger partial charge >= 0.3 is 5.97 Å². The third-order valence-electron chi connectivity index (χ3n) is 3.82. The molecule has 6 nitrogen and oxygen atoms in total. The van der Waals surface area contributed by atoms with E-state index in [2.05, 4.69) is 0 Å². The van der Waals surface area contributed by atoms with Gasteiger partial charge in [0.2, 0.25) is 0 Å². The van der Waals surface area contributed by atoms with Crippen LogP contribution in [0.1, 0.15) is 37.4 Å². The number of phenols is 2. The number of methoxy groups -OCH3 is 1. The summed E-state index contributed by atoms with van der Waals surface area (Å²) in [5.41, 5.74) is 1.77. The van der Waals surface area contributed by atoms with E-state index >= 15 is 0 Å². The van der Waals surface area contributed by atoms with Crippen molar-refractivity contribution < 1.29 is 29.6 Å². The summed E-state index contributed by atoms with van der Waals surface area (Å²) in [7, 11) is 1.42. The fraction of sp³-hybridized carbons (Fsp3) is 0.158. The third-order valence-corrected chi connectivity index (χ3v) is 3.82. The van der Waals surface area contributed by atoms with E-state index < -0.39 is 11.8 Å². The van der Waals surface area contributed by atoms with E-state index in [-0.39, 0.29) is 22.6 Å². The zero-order chi connectivity index (χ0) is 18.7. The van der Waals surface area contributed by atoms with E-state index in [0.717, 1.165) is 6.07 Å². The lowest BCUT2D eigenvalue weighted by Crippen LogP contribution is -2.06. The number of rotatable bonds is 5. The average Bonchev–Trinajstić information content (AvgIpc) is 2.52. The fourth-order valence-corrected chi connectivity index (χ4v) is 2.70. The van der Waals surface area contributed by atoms with Gasteiger partial charge in [0.05, 0.1) is 18.2 Å². The molecule has 0 unspecified atom stereocenters. The van der Waals surface area contributed by atoms with Crippen molar-refractivity contribution in [3.8, 4) is 17.2 Å². The Labute approximate surface area is 144 Å². The Kier molecular flexibility index (Phi) is 5.12. The largest absolute Gasteiger partial charge is 0.508 e. The average molecular weight is 342 g/mol. The molecule has 25 heavy (non-hydrogen) atoms. The van der Waals surface area contributed by atoms with Gasteiger partial charge in [-0.05, 0) is 49.8 Å². The van der Waals surface area contributed by atoms with Crippen LogP contribution in [-0.2, 0) is 0 Å². The highest BCUT2D eigenvalue weighted by Gasteiger charge is 2.18. The number of carboxylic acid groups (broad SMARTS) is 1. The lowest BCUT2D eigenvalue weighted by atomic mass is 9.97. The second-order valence-electron chi connectivity index (χ2n) is 5.52. The van der Waals surface area contributed by atoms with Gasteiger partial charge in [0.1, 0.15) is 17.2 Å². The number of aromatic carboxylic acids is 1. The molecule has 0 spiro atoms. The predicted molar refractivity (Wildman–Crippen MR) is 92.6 cm³/mol. The Balaban J connectivity index is 2.44. The number of phenolic OH excluding ortho intramolecular Hbond substituents is 2. The van der Waals surface area contributed by atoms with Crippen molar-refractivity contribution >= 4 is 17.8 Å². The van der Waals surface area contributed by atoms with Crippen LogP contribution in [-0.4, -0.2) is 34.2 Å². The van der Waals surface area contributed by atoms with E-state index in [1.807, 2.05) is 0 Å². The van der Waals surface area contributed by atoms with E-state index in [0.29, 0.717) is 22.4 Å². The molecule has 2 aromatic carbocycles. The summed E-state index contributed by atoms with van der Waals surface area (Å²) >= 11 is 0. The summed E-state index contributed by atoms with van der Waals surface area (Å²) in [6, 6.07) is 5.32. The van der Waals surface area contributed by atoms with Gasteiger partial charge in [-0.25, -0.2) is 4.79 Å². The molecule has 0 aliphatic rings. The summed E-state index contributed by atoms with van der Waals surface area (Å²) in [5, 5.41) is 28.3. The van der Waals surface area contributed by atoms with Crippen LogP contribution in [0.15, 0.2) is 30.3 Å². The van der Waals surface area contributed by atoms with Gasteiger partial charge in [-0.1, -0.05) is 0 Å². The first-order valence-corrected chi connectivity index (χ1v) is 7.42. The standard InChI is InChI=1S/C19H18O6/c1-10-8-12(18(25-3)11(2)17(10)19(23)24)4-7-15(21)14-6-5-13(20)9-16(14)22/h4-9,20,22H,1-3H3,(H,23,24). The highest BCUT2D eigenvalue weighted by molar-refractivity contribution is 6.09. The van der Waals surface area contributed by atoms with Crippen molar-refractivity contribution in [3.63, 3.8) is 0 Å². The number of hydrogen-bond acceptors (Lipinski definition) is 5. The molecule has 0 amide bonds. The number of allylic oxidation sites excluding steroid dienone is 1. The van der Waals surface area contributed by atoms with Crippen molar-refractivity contribution in [1.29, 1.82) is 0 Å². The van der Waals surface area contributed by atoms with Gasteiger partial charge in [0.25, 0.3) is 0 Å². The summed E-state index contributed by atoms with van der Waals surface area (Å²) in [6.07, 6.45) is 2.75. The number of aromatic hydroxyl groups is 2. The van der Waals surface area contributed by atoms with Crippen LogP contribution in [0.5, 0.6) is 17.2 Å². The Bertz CT molecular complexity index is 880. The second kappa shape index (κ2) is 7.09. The molecule has 2 rings (SSSR count). The Morgan fingerprint density at radius 3 is 2.36 bits per heavy atom. The van der Waals surface area contributed by atoms with Gasteiger partial charge in [-0.2, -0.15) is 0 Å². The zero-order valence-electron chi connectivity index (χ0n) is 14.0. The summed E-state index contributed by atoms with van der Waals surface area (Å²) in [5.74, 6) is -1.61. The molecule has 0 aromatic heterocycles. The number of aryl methyl sites for hydroxylation is 1. The van der Waals surface area contributed by atoms with Gasteiger partial charge in [0, 0.05) is 17.2 Å². The number of ether oxygens (including phenoxy) is 1. The van der Waals surface area contributed by atoms with Crippen LogP contribution in [0.3, 0.4) is 0 Å². The number of benzene rings is 2. The Hall–Kier alpha value is -3.28. The third kappa shape index (κ3) is 3.63. The summed E-state index contributed by atoms with van der Waals surface area (Å²) in [6.45, 7) is 3.31. The maximum atomic E-state index is 12.2. The van der Waals surface area contributed by atoms with Crippen LogP contribution in [0.2, 0.25) is 0 Å². The topological polar surface area (TPSA) is 104 Å². The van der Waals surface area contributed by atoms with E-state index in [9.17, 15) is 24.9 Å². The zero-order valence-corrected chi connectivity index (χ0v) is 14.0. The van der Waals surface area contributed by atoms with E-state index in [1.165, 1.54) is 31.4 Å². The quantitative estimate of drug-likeness (QED) is 0.569. The van der Waals surface area contributed by atoms with Gasteiger partial charge < -0.3 is 20.1 Å². The maximum absolute atomic E-state index is 12.2. The number of carboxylic acids is 1. The molecule has 0 fully saturated rings. The Morgan fingerprint density at radius 1 is 1.12 bits per heavy atom. The molecule has 0 aliphatic heterocycles. The normalized spacial score (nSPS) is 10.8. The van der Waals surface area contributed by atoms with Crippen molar-refractivity contribution in [1.82, 2.24) is 0 Å². The van der Waals surface area contributed by atoms with Crippen molar-refractivity contribution in [2.45, 2.75) is 13.8 Å². The molecular weight excluding hydrogens is 324 g/mol. The molecule has 0 saturated heterocycles. The van der Waals surface area contributed by atoms with Crippen molar-refractivity contribution in [2.75, 3.05) is 7.11 Å². The monoisotopic (exact) mass is 342 g/mol. The van der Waals surface area contributed by atoms with Gasteiger partial charge in [-0.3, -0.25) is 4.79 Å². The van der Waals surface area contributed by atoms with Crippen LogP contribution >= 0.6 is 0 Å². The first-order chi connectivity index (χ1) is 11.8. The molecule has 0 saturated carbocycles. The molecule has 0 bridgehead atoms. The molecular formula is C19H18O6. The number of ketones is 1. The summed E-state index contributed by atoms with van der Waals surface area (Å²) < 4.78 is 5.29.